The molecule has 0 aliphatic carbocycles. The van der Waals surface area contributed by atoms with Crippen molar-refractivity contribution in [1.82, 2.24) is 4.98 Å². The van der Waals surface area contributed by atoms with Crippen LogP contribution >= 0.6 is 11.6 Å². The van der Waals surface area contributed by atoms with Crippen LogP contribution < -0.4 is 51.4 Å². The van der Waals surface area contributed by atoms with E-state index in [2.05, 4.69) is 4.98 Å². The first-order valence-corrected chi connectivity index (χ1v) is 5.81. The second kappa shape index (κ2) is 7.88. The average molecular weight is 289 g/mol. The van der Waals surface area contributed by atoms with Crippen LogP contribution in [-0.4, -0.2) is 30.9 Å². The van der Waals surface area contributed by atoms with E-state index in [1.807, 2.05) is 0 Å². The molecule has 8 heteroatoms. The van der Waals surface area contributed by atoms with E-state index in [1.165, 1.54) is 25.3 Å². The first-order valence-electron chi connectivity index (χ1n) is 3.78. The Hall–Kier alpha value is 0.656. The number of carbonyl (C=O) groups excluding carboxylic acids is 1. The van der Waals surface area contributed by atoms with E-state index in [-0.39, 0.29) is 78.4 Å². The maximum absolute atomic E-state index is 11.4. The number of aromatic nitrogens is 1. The van der Waals surface area contributed by atoms with Gasteiger partial charge < -0.3 is 10.3 Å². The molecule has 0 bridgehead atoms. The van der Waals surface area contributed by atoms with E-state index < -0.39 is 9.84 Å². The van der Waals surface area contributed by atoms with Crippen molar-refractivity contribution in [3.63, 3.8) is 0 Å². The molecule has 0 spiro atoms. The molecule has 84 valence electrons. The molecule has 1 aromatic rings. The first kappa shape index (κ1) is 19.0. The van der Waals surface area contributed by atoms with Gasteiger partial charge in [0.15, 0.2) is 0 Å². The quantitative estimate of drug-likeness (QED) is 0.358. The minimum atomic E-state index is -3.44. The van der Waals surface area contributed by atoms with Crippen LogP contribution in [-0.2, 0) is 14.6 Å². The Morgan fingerprint density at radius 3 is 2.44 bits per heavy atom. The Morgan fingerprint density at radius 1 is 1.44 bits per heavy atom. The first-order chi connectivity index (χ1) is 6.51. The Bertz CT molecular complexity index is 463. The van der Waals surface area contributed by atoms with E-state index in [1.54, 1.807) is 0 Å². The molecule has 0 aromatic carbocycles. The summed E-state index contributed by atoms with van der Waals surface area (Å²) in [5.74, 6) is -0.0923. The van der Waals surface area contributed by atoms with E-state index >= 15 is 0 Å². The second-order valence-corrected chi connectivity index (χ2v) is 5.12. The molecule has 0 fully saturated rings. The Kier molecular flexibility index (Phi) is 9.36. The second-order valence-electron chi connectivity index (χ2n) is 2.49. The van der Waals surface area contributed by atoms with E-state index in [4.69, 9.17) is 11.6 Å². The van der Waals surface area contributed by atoms with Gasteiger partial charge in [-0.1, -0.05) is 23.4 Å². The van der Waals surface area contributed by atoms with Crippen molar-refractivity contribution < 1.29 is 70.1 Å². The van der Waals surface area contributed by atoms with Crippen molar-refractivity contribution in [2.75, 3.05) is 5.75 Å². The number of rotatable bonds is 3. The van der Waals surface area contributed by atoms with Crippen molar-refractivity contribution >= 4 is 27.7 Å². The van der Waals surface area contributed by atoms with Crippen molar-refractivity contribution in [3.05, 3.63) is 23.0 Å². The standard InChI is InChI=1S/C8H7ClNO3S.K.H2O/c1-2-14(12,13)7-3-4-8(9)10-6(7)5-11;;/h3-4H,2H2,1H3;;1H2/q-1;+1;/p-1. The maximum Gasteiger partial charge on any atom is 1.00 e. The van der Waals surface area contributed by atoms with Gasteiger partial charge in [-0.15, -0.1) is 6.07 Å². The fourth-order valence-corrected chi connectivity index (χ4v) is 2.02. The van der Waals surface area contributed by atoms with Gasteiger partial charge in [-0.25, -0.2) is 8.42 Å². The van der Waals surface area contributed by atoms with Gasteiger partial charge in [-0.2, -0.15) is 0 Å². The Morgan fingerprint density at radius 2 is 2.00 bits per heavy atom. The molecular formula is C8H8ClKNO4S-. The number of sulfone groups is 1. The SMILES string of the molecule is CCS(=O)(=O)c1ccc(Cl)nc1[C-]=O.[K+].[OH-]. The Balaban J connectivity index is 0. The van der Waals surface area contributed by atoms with Gasteiger partial charge in [0.05, 0.1) is 0 Å². The molecule has 0 unspecified atom stereocenters. The molecule has 5 nitrogen and oxygen atoms in total. The monoisotopic (exact) mass is 288 g/mol. The molecule has 16 heavy (non-hydrogen) atoms. The van der Waals surface area contributed by atoms with Gasteiger partial charge in [0, 0.05) is 12.0 Å². The summed E-state index contributed by atoms with van der Waals surface area (Å²) in [4.78, 5) is 13.9. The summed E-state index contributed by atoms with van der Waals surface area (Å²) in [5.41, 5.74) is -0.264. The van der Waals surface area contributed by atoms with Crippen LogP contribution in [0.1, 0.15) is 12.6 Å². The third kappa shape index (κ3) is 4.50. The molecule has 0 atom stereocenters. The fraction of sp³-hybridized carbons (Fsp3) is 0.250. The fourth-order valence-electron chi connectivity index (χ4n) is 0.902. The average Bonchev–Trinajstić information content (AvgIpc) is 2.17. The largest absolute Gasteiger partial charge is 1.00 e. The zero-order valence-electron chi connectivity index (χ0n) is 8.77. The number of hydrogen-bond acceptors (Lipinski definition) is 5. The van der Waals surface area contributed by atoms with Crippen molar-refractivity contribution in [2.45, 2.75) is 11.8 Å². The van der Waals surface area contributed by atoms with Gasteiger partial charge in [0.25, 0.3) is 0 Å². The zero-order valence-corrected chi connectivity index (χ0v) is 13.5. The van der Waals surface area contributed by atoms with Gasteiger partial charge in [0.1, 0.15) is 15.0 Å². The summed E-state index contributed by atoms with van der Waals surface area (Å²) in [6.45, 7) is 1.48. The molecule has 1 N–H and O–H groups in total. The predicted molar refractivity (Wildman–Crippen MR) is 53.7 cm³/mol. The third-order valence-electron chi connectivity index (χ3n) is 1.64. The molecule has 1 rings (SSSR count). The normalized spacial score (nSPS) is 9.88. The van der Waals surface area contributed by atoms with Crippen LogP contribution in [0.2, 0.25) is 5.15 Å². The molecule has 0 aliphatic heterocycles. The predicted octanol–water partition coefficient (Wildman–Crippen LogP) is -2.19. The van der Waals surface area contributed by atoms with Crippen molar-refractivity contribution in [1.29, 1.82) is 0 Å². The van der Waals surface area contributed by atoms with Gasteiger partial charge in [-0.05, 0) is 11.8 Å². The van der Waals surface area contributed by atoms with E-state index in [0.717, 1.165) is 0 Å². The topological polar surface area (TPSA) is 94.1 Å². The van der Waals surface area contributed by atoms with Crippen molar-refractivity contribution in [3.8, 4) is 0 Å². The Labute approximate surface area is 141 Å². The van der Waals surface area contributed by atoms with Gasteiger partial charge in [0.2, 0.25) is 0 Å². The molecule has 0 aliphatic rings. The van der Waals surface area contributed by atoms with Crippen LogP contribution in [0.3, 0.4) is 0 Å². The number of hydrogen-bond donors (Lipinski definition) is 0. The third-order valence-corrected chi connectivity index (χ3v) is 3.61. The number of nitrogens with zero attached hydrogens (tertiary/aromatic N) is 1. The molecule has 1 heterocycles. The smallest absolute Gasteiger partial charge is 0.870 e. The van der Waals surface area contributed by atoms with Crippen LogP contribution in [0.5, 0.6) is 0 Å². The summed E-state index contributed by atoms with van der Waals surface area (Å²) >= 11 is 5.50. The number of pyridine rings is 1. The molecular weight excluding hydrogens is 281 g/mol. The summed E-state index contributed by atoms with van der Waals surface area (Å²) in [6, 6.07) is 2.58. The van der Waals surface area contributed by atoms with Gasteiger partial charge in [-0.3, -0.25) is 4.98 Å². The van der Waals surface area contributed by atoms with Crippen LogP contribution in [0.15, 0.2) is 17.0 Å². The maximum atomic E-state index is 11.4. The van der Waals surface area contributed by atoms with Crippen LogP contribution in [0.25, 0.3) is 0 Å². The minimum absolute atomic E-state index is 0. The van der Waals surface area contributed by atoms with Crippen LogP contribution in [0.4, 0.5) is 0 Å². The van der Waals surface area contributed by atoms with E-state index in [9.17, 15) is 13.2 Å². The van der Waals surface area contributed by atoms with Crippen LogP contribution in [0, 0.1) is 0 Å². The molecule has 0 radical (unpaired) electrons. The molecule has 0 saturated heterocycles. The number of halogens is 1. The molecule has 0 saturated carbocycles. The summed E-state index contributed by atoms with van der Waals surface area (Å²) in [6.07, 6.45) is 1.45. The minimum Gasteiger partial charge on any atom is -0.870 e. The van der Waals surface area contributed by atoms with Crippen molar-refractivity contribution in [2.24, 2.45) is 0 Å². The van der Waals surface area contributed by atoms with E-state index in [0.29, 0.717) is 0 Å². The molecule has 0 amide bonds. The van der Waals surface area contributed by atoms with Gasteiger partial charge >= 0.3 is 51.4 Å². The molecule has 1 aromatic heterocycles. The summed E-state index contributed by atoms with van der Waals surface area (Å²) in [7, 11) is -3.44. The zero-order chi connectivity index (χ0) is 10.8. The summed E-state index contributed by atoms with van der Waals surface area (Å²) in [5, 5.41) is 0.0680. The summed E-state index contributed by atoms with van der Waals surface area (Å²) < 4.78 is 22.9.